The second kappa shape index (κ2) is 7.79. The molecule has 0 radical (unpaired) electrons. The van der Waals surface area contributed by atoms with Gasteiger partial charge in [0, 0.05) is 31.8 Å². The molecule has 0 bridgehead atoms. The van der Waals surface area contributed by atoms with Gasteiger partial charge in [0.1, 0.15) is 0 Å². The van der Waals surface area contributed by atoms with E-state index in [0.717, 1.165) is 38.0 Å². The molecular weight excluding hydrogens is 250 g/mol. The molecule has 4 heteroatoms. The minimum atomic E-state index is -0.0971. The third-order valence-electron chi connectivity index (χ3n) is 4.42. The molecule has 1 atom stereocenters. The maximum absolute atomic E-state index is 6.13. The monoisotopic (exact) mass is 281 g/mol. The Labute approximate surface area is 123 Å². The van der Waals surface area contributed by atoms with E-state index >= 15 is 0 Å². The number of nitrogens with one attached hydrogen (secondary N) is 1. The lowest BCUT2D eigenvalue weighted by Gasteiger charge is -2.39. The summed E-state index contributed by atoms with van der Waals surface area (Å²) in [7, 11) is 4.06. The highest BCUT2D eigenvalue weighted by molar-refractivity contribution is 5.13. The van der Waals surface area contributed by atoms with E-state index in [0.29, 0.717) is 6.04 Å². The van der Waals surface area contributed by atoms with Crippen LogP contribution >= 0.6 is 0 Å². The van der Waals surface area contributed by atoms with E-state index in [-0.39, 0.29) is 5.60 Å². The molecule has 0 aliphatic heterocycles. The van der Waals surface area contributed by atoms with Crippen molar-refractivity contribution in [2.24, 2.45) is 7.05 Å². The van der Waals surface area contributed by atoms with Crippen LogP contribution in [-0.2, 0) is 24.6 Å². The van der Waals surface area contributed by atoms with E-state index in [1.54, 1.807) is 0 Å². The molecule has 0 aromatic carbocycles. The lowest BCUT2D eigenvalue weighted by atomic mass is 9.85. The van der Waals surface area contributed by atoms with Crippen LogP contribution in [0.2, 0.25) is 0 Å². The fourth-order valence-corrected chi connectivity index (χ4v) is 3.03. The number of hydrogen-bond acceptors (Lipinski definition) is 3. The second-order valence-corrected chi connectivity index (χ2v) is 5.35. The van der Waals surface area contributed by atoms with Gasteiger partial charge in [-0.2, -0.15) is 5.10 Å². The second-order valence-electron chi connectivity index (χ2n) is 5.35. The van der Waals surface area contributed by atoms with Gasteiger partial charge in [-0.1, -0.05) is 20.8 Å². The van der Waals surface area contributed by atoms with E-state index in [4.69, 9.17) is 4.74 Å². The van der Waals surface area contributed by atoms with Crippen molar-refractivity contribution in [1.29, 1.82) is 0 Å². The lowest BCUT2D eigenvalue weighted by molar-refractivity contribution is -0.0706. The van der Waals surface area contributed by atoms with Gasteiger partial charge in [-0.15, -0.1) is 0 Å². The predicted octanol–water partition coefficient (Wildman–Crippen LogP) is 2.71. The Morgan fingerprint density at radius 3 is 2.35 bits per heavy atom. The Balaban J connectivity index is 2.96. The van der Waals surface area contributed by atoms with Crippen molar-refractivity contribution in [2.75, 3.05) is 13.7 Å². The summed E-state index contributed by atoms with van der Waals surface area (Å²) in [5, 5.41) is 8.01. The van der Waals surface area contributed by atoms with Crippen molar-refractivity contribution in [3.05, 3.63) is 17.5 Å². The quantitative estimate of drug-likeness (QED) is 0.756. The molecule has 0 saturated heterocycles. The summed E-state index contributed by atoms with van der Waals surface area (Å²) in [6.07, 6.45) is 3.96. The van der Waals surface area contributed by atoms with Crippen LogP contribution in [0.15, 0.2) is 6.07 Å². The highest BCUT2D eigenvalue weighted by Gasteiger charge is 2.36. The van der Waals surface area contributed by atoms with Gasteiger partial charge >= 0.3 is 0 Å². The van der Waals surface area contributed by atoms with Crippen LogP contribution in [0.5, 0.6) is 0 Å². The van der Waals surface area contributed by atoms with Crippen molar-refractivity contribution in [3.63, 3.8) is 0 Å². The fourth-order valence-electron chi connectivity index (χ4n) is 3.03. The Kier molecular flexibility index (Phi) is 6.69. The smallest absolute Gasteiger partial charge is 0.0833 e. The Morgan fingerprint density at radius 2 is 1.95 bits per heavy atom. The van der Waals surface area contributed by atoms with Crippen molar-refractivity contribution in [3.8, 4) is 0 Å². The summed E-state index contributed by atoms with van der Waals surface area (Å²) in [4.78, 5) is 0. The first-order valence-electron chi connectivity index (χ1n) is 7.89. The van der Waals surface area contributed by atoms with E-state index in [1.165, 1.54) is 5.69 Å². The Morgan fingerprint density at radius 1 is 1.30 bits per heavy atom. The number of nitrogens with zero attached hydrogens (tertiary/aromatic N) is 2. The van der Waals surface area contributed by atoms with Crippen molar-refractivity contribution in [2.45, 2.75) is 65.0 Å². The van der Waals surface area contributed by atoms with Gasteiger partial charge in [0.05, 0.1) is 11.3 Å². The molecule has 0 saturated carbocycles. The number of likely N-dealkylation sites (N-methyl/N-ethyl adjacent to an activating group) is 1. The zero-order chi connectivity index (χ0) is 15.2. The highest BCUT2D eigenvalue weighted by Crippen LogP contribution is 2.27. The largest absolute Gasteiger partial charge is 0.374 e. The molecule has 0 aliphatic rings. The fraction of sp³-hybridized carbons (Fsp3) is 0.812. The van der Waals surface area contributed by atoms with Crippen LogP contribution in [0.4, 0.5) is 0 Å². The molecule has 116 valence electrons. The van der Waals surface area contributed by atoms with Crippen LogP contribution in [-0.4, -0.2) is 35.1 Å². The number of ether oxygens (including phenoxy) is 1. The van der Waals surface area contributed by atoms with E-state index < -0.39 is 0 Å². The first kappa shape index (κ1) is 17.2. The molecule has 1 aromatic rings. The molecule has 1 rings (SSSR count). The zero-order valence-electron chi connectivity index (χ0n) is 14.0. The minimum absolute atomic E-state index is 0.0971. The molecular formula is C16H31N3O. The molecule has 1 N–H and O–H groups in total. The lowest BCUT2D eigenvalue weighted by Crippen LogP contribution is -2.52. The molecule has 20 heavy (non-hydrogen) atoms. The average molecular weight is 281 g/mol. The van der Waals surface area contributed by atoms with Gasteiger partial charge in [-0.3, -0.25) is 4.68 Å². The Hall–Kier alpha value is -0.870. The standard InChI is InChI=1S/C16H31N3O/c1-7-13-11-14(19(6)18-13)12-15(17-5)16(8-2,9-3)20-10-4/h11,15,17H,7-10,12H2,1-6H3. The SMILES string of the molecule is CCOC(CC)(CC)C(Cc1cc(CC)nn1C)NC. The summed E-state index contributed by atoms with van der Waals surface area (Å²) in [5.41, 5.74) is 2.33. The summed E-state index contributed by atoms with van der Waals surface area (Å²) in [5.74, 6) is 0. The summed E-state index contributed by atoms with van der Waals surface area (Å²) >= 11 is 0. The van der Waals surface area contributed by atoms with Crippen LogP contribution in [0, 0.1) is 0 Å². The van der Waals surface area contributed by atoms with Gasteiger partial charge < -0.3 is 10.1 Å². The maximum atomic E-state index is 6.13. The molecule has 0 amide bonds. The molecule has 1 unspecified atom stereocenters. The van der Waals surface area contributed by atoms with Crippen LogP contribution < -0.4 is 5.32 Å². The number of aromatic nitrogens is 2. The van der Waals surface area contributed by atoms with Crippen LogP contribution in [0.3, 0.4) is 0 Å². The third-order valence-corrected chi connectivity index (χ3v) is 4.42. The predicted molar refractivity (Wildman–Crippen MR) is 84.1 cm³/mol. The molecule has 1 aromatic heterocycles. The maximum Gasteiger partial charge on any atom is 0.0833 e. The topological polar surface area (TPSA) is 39.1 Å². The van der Waals surface area contributed by atoms with Crippen molar-refractivity contribution >= 4 is 0 Å². The van der Waals surface area contributed by atoms with Gasteiger partial charge in [-0.25, -0.2) is 0 Å². The van der Waals surface area contributed by atoms with Gasteiger partial charge in [0.2, 0.25) is 0 Å². The van der Waals surface area contributed by atoms with Crippen LogP contribution in [0.1, 0.15) is 51.9 Å². The van der Waals surface area contributed by atoms with E-state index in [9.17, 15) is 0 Å². The number of aryl methyl sites for hydroxylation is 2. The van der Waals surface area contributed by atoms with Gasteiger partial charge in [-0.05, 0) is 39.3 Å². The van der Waals surface area contributed by atoms with E-state index in [2.05, 4.69) is 44.2 Å². The van der Waals surface area contributed by atoms with E-state index in [1.807, 2.05) is 18.8 Å². The summed E-state index contributed by atoms with van der Waals surface area (Å²) < 4.78 is 8.14. The first-order chi connectivity index (χ1) is 9.56. The van der Waals surface area contributed by atoms with Crippen LogP contribution in [0.25, 0.3) is 0 Å². The minimum Gasteiger partial charge on any atom is -0.374 e. The molecule has 0 spiro atoms. The highest BCUT2D eigenvalue weighted by atomic mass is 16.5. The van der Waals surface area contributed by atoms with Gasteiger partial charge in [0.25, 0.3) is 0 Å². The number of hydrogen-bond donors (Lipinski definition) is 1. The molecule has 0 aliphatic carbocycles. The normalized spacial score (nSPS) is 13.7. The number of rotatable bonds is 9. The zero-order valence-corrected chi connectivity index (χ0v) is 14.0. The van der Waals surface area contributed by atoms with Crippen molar-refractivity contribution in [1.82, 2.24) is 15.1 Å². The Bertz CT molecular complexity index is 396. The first-order valence-corrected chi connectivity index (χ1v) is 7.89. The molecule has 1 heterocycles. The molecule has 4 nitrogen and oxygen atoms in total. The third kappa shape index (κ3) is 3.61. The summed E-state index contributed by atoms with van der Waals surface area (Å²) in [6, 6.07) is 2.52. The average Bonchev–Trinajstić information content (AvgIpc) is 2.83. The molecule has 0 fully saturated rings. The van der Waals surface area contributed by atoms with Gasteiger partial charge in [0.15, 0.2) is 0 Å². The summed E-state index contributed by atoms with van der Waals surface area (Å²) in [6.45, 7) is 9.40. The van der Waals surface area contributed by atoms with Crippen molar-refractivity contribution < 1.29 is 4.74 Å².